The maximum absolute atomic E-state index is 13.8. The predicted molar refractivity (Wildman–Crippen MR) is 247 cm³/mol. The molecule has 2 saturated heterocycles. The summed E-state index contributed by atoms with van der Waals surface area (Å²) in [6.45, 7) is 9.17. The molecule has 10 rings (SSSR count). The van der Waals surface area contributed by atoms with Gasteiger partial charge in [0.05, 0.1) is 50.1 Å². The lowest BCUT2D eigenvalue weighted by Crippen LogP contribution is -2.51. The molecule has 0 spiro atoms. The molecule has 3 fully saturated rings. The molecule has 4 amide bonds. The summed E-state index contributed by atoms with van der Waals surface area (Å²) >= 11 is 0. The minimum atomic E-state index is -0.694. The van der Waals surface area contributed by atoms with Crippen molar-refractivity contribution in [1.82, 2.24) is 40.4 Å². The highest BCUT2D eigenvalue weighted by molar-refractivity contribution is 5.87. The number of aromatic nitrogens is 4. The summed E-state index contributed by atoms with van der Waals surface area (Å²) in [5.41, 5.74) is 11.8. The molecule has 2 aromatic heterocycles. The van der Waals surface area contributed by atoms with E-state index in [0.717, 1.165) is 47.0 Å². The molecule has 3 aromatic carbocycles. The molecule has 5 aliphatic rings. The van der Waals surface area contributed by atoms with E-state index in [0.29, 0.717) is 30.8 Å². The van der Waals surface area contributed by atoms with Gasteiger partial charge in [0.2, 0.25) is 11.8 Å². The number of imidazole rings is 2. The zero-order valence-corrected chi connectivity index (χ0v) is 38.1. The minimum Gasteiger partial charge on any atom is -0.453 e. The molecule has 3 aliphatic carbocycles. The number of benzene rings is 3. The first-order valence-electron chi connectivity index (χ1n) is 23.1. The number of hydrogen-bond acceptors (Lipinski definition) is 8. The number of alkyl carbamates (subject to hydrolysis) is 2. The number of likely N-dealkylation sites (tertiary alicyclic amines) is 2. The Morgan fingerprint density at radius 2 is 1.11 bits per heavy atom. The number of hydrogen-bond donors (Lipinski definition) is 4. The summed E-state index contributed by atoms with van der Waals surface area (Å²) in [6, 6.07) is 21.0. The van der Waals surface area contributed by atoms with E-state index < -0.39 is 18.2 Å². The van der Waals surface area contributed by atoms with E-state index in [1.807, 2.05) is 31.1 Å². The van der Waals surface area contributed by atoms with Crippen molar-refractivity contribution >= 4 is 24.0 Å². The molecule has 0 radical (unpaired) electrons. The van der Waals surface area contributed by atoms with Crippen molar-refractivity contribution in [3.63, 3.8) is 0 Å². The molecule has 340 valence electrons. The Balaban J connectivity index is 0.930. The summed E-state index contributed by atoms with van der Waals surface area (Å²) < 4.78 is 9.46. The number of amides is 4. The third kappa shape index (κ3) is 8.62. The zero-order valence-electron chi connectivity index (χ0n) is 38.1. The second-order valence-corrected chi connectivity index (χ2v) is 19.0. The topological polar surface area (TPSA) is 175 Å². The van der Waals surface area contributed by atoms with Crippen molar-refractivity contribution in [3.05, 3.63) is 95.8 Å². The Hall–Kier alpha value is -6.44. The molecular weight excluding hydrogens is 821 g/mol. The fourth-order valence-electron chi connectivity index (χ4n) is 11.0. The minimum absolute atomic E-state index is 0.109. The normalized spacial score (nSPS) is 22.8. The van der Waals surface area contributed by atoms with Gasteiger partial charge >= 0.3 is 12.2 Å². The van der Waals surface area contributed by atoms with Crippen LogP contribution in [0.1, 0.15) is 113 Å². The van der Waals surface area contributed by atoms with Crippen LogP contribution in [0.2, 0.25) is 0 Å². The van der Waals surface area contributed by atoms with Crippen LogP contribution in [-0.4, -0.2) is 93.6 Å². The number of ether oxygens (including phenoxy) is 2. The maximum atomic E-state index is 13.8. The van der Waals surface area contributed by atoms with Gasteiger partial charge in [0.1, 0.15) is 24.2 Å². The van der Waals surface area contributed by atoms with Gasteiger partial charge < -0.3 is 39.9 Å². The lowest BCUT2D eigenvalue weighted by Gasteiger charge is -2.41. The van der Waals surface area contributed by atoms with E-state index in [1.165, 1.54) is 73.3 Å². The molecular formula is C51H60N8O6. The third-order valence-electron chi connectivity index (χ3n) is 14.3. The van der Waals surface area contributed by atoms with Gasteiger partial charge in [-0.15, -0.1) is 0 Å². The van der Waals surface area contributed by atoms with Crippen molar-refractivity contribution < 1.29 is 28.7 Å². The number of rotatable bonds is 11. The molecule has 5 atom stereocenters. The SMILES string of the molecule is COC(=O)NCC(=O)N1CC(C)CC1c1ncc(-c2ccc(-c3ccc(-c4ccc(-c5cnc(C6CC(C)CN6C(=O)C(NC(=O)OC)C(C)C)[nH]5)cc4)c4c3C3CCC4CC3)cc2)[nH]1. The van der Waals surface area contributed by atoms with Crippen LogP contribution in [-0.2, 0) is 19.1 Å². The van der Waals surface area contributed by atoms with Gasteiger partial charge in [-0.25, -0.2) is 19.6 Å². The summed E-state index contributed by atoms with van der Waals surface area (Å²) in [5, 5.41) is 5.25. The second kappa shape index (κ2) is 18.2. The molecule has 65 heavy (non-hydrogen) atoms. The van der Waals surface area contributed by atoms with E-state index in [-0.39, 0.29) is 42.3 Å². The fraction of sp³-hybridized carbons (Fsp3) is 0.451. The number of nitrogens with one attached hydrogen (secondary N) is 4. The predicted octanol–water partition coefficient (Wildman–Crippen LogP) is 9.11. The molecule has 2 bridgehead atoms. The lowest BCUT2D eigenvalue weighted by atomic mass is 9.63. The Labute approximate surface area is 380 Å². The Bertz CT molecular complexity index is 2560. The van der Waals surface area contributed by atoms with E-state index in [1.54, 1.807) is 4.90 Å². The quantitative estimate of drug-likeness (QED) is 0.102. The van der Waals surface area contributed by atoms with Gasteiger partial charge in [-0.2, -0.15) is 0 Å². The van der Waals surface area contributed by atoms with Crippen molar-refractivity contribution in [3.8, 4) is 44.8 Å². The first kappa shape index (κ1) is 43.8. The van der Waals surface area contributed by atoms with Crippen LogP contribution >= 0.6 is 0 Å². The van der Waals surface area contributed by atoms with E-state index in [9.17, 15) is 19.2 Å². The van der Waals surface area contributed by atoms with Gasteiger partial charge in [0, 0.05) is 13.1 Å². The Morgan fingerprint density at radius 3 is 1.57 bits per heavy atom. The number of fused-ring (bicyclic) bond motifs is 2. The van der Waals surface area contributed by atoms with Crippen molar-refractivity contribution in [2.45, 2.75) is 96.2 Å². The molecule has 2 aliphatic heterocycles. The second-order valence-electron chi connectivity index (χ2n) is 19.0. The van der Waals surface area contributed by atoms with Gasteiger partial charge in [0.25, 0.3) is 0 Å². The average Bonchev–Trinajstić information content (AvgIpc) is 4.17. The molecule has 14 heteroatoms. The highest BCUT2D eigenvalue weighted by atomic mass is 16.5. The van der Waals surface area contributed by atoms with Crippen molar-refractivity contribution in [1.29, 1.82) is 0 Å². The monoisotopic (exact) mass is 880 g/mol. The van der Waals surface area contributed by atoms with Crippen molar-refractivity contribution in [2.75, 3.05) is 33.9 Å². The van der Waals surface area contributed by atoms with Crippen LogP contribution < -0.4 is 10.6 Å². The van der Waals surface area contributed by atoms with E-state index in [2.05, 4.69) is 99.8 Å². The maximum Gasteiger partial charge on any atom is 0.407 e. The molecule has 1 saturated carbocycles. The number of aromatic amines is 2. The highest BCUT2D eigenvalue weighted by Gasteiger charge is 2.41. The highest BCUT2D eigenvalue weighted by Crippen LogP contribution is 2.55. The first-order valence-corrected chi connectivity index (χ1v) is 23.1. The van der Waals surface area contributed by atoms with Gasteiger partial charge in [0.15, 0.2) is 0 Å². The summed E-state index contributed by atoms with van der Waals surface area (Å²) in [4.78, 5) is 70.9. The summed E-state index contributed by atoms with van der Waals surface area (Å²) in [5.74, 6) is 2.74. The molecule has 5 aromatic rings. The van der Waals surface area contributed by atoms with Gasteiger partial charge in [-0.3, -0.25) is 9.59 Å². The number of nitrogens with zero attached hydrogens (tertiary/aromatic N) is 4. The van der Waals surface area contributed by atoms with Gasteiger partial charge in [-0.1, -0.05) is 88.4 Å². The Morgan fingerprint density at radius 1 is 0.662 bits per heavy atom. The van der Waals surface area contributed by atoms with Gasteiger partial charge in [-0.05, 0) is 113 Å². The van der Waals surface area contributed by atoms with Crippen LogP contribution in [0.25, 0.3) is 44.8 Å². The largest absolute Gasteiger partial charge is 0.453 e. The van der Waals surface area contributed by atoms with E-state index >= 15 is 0 Å². The number of carbonyl (C=O) groups excluding carboxylic acids is 4. The lowest BCUT2D eigenvalue weighted by molar-refractivity contribution is -0.135. The van der Waals surface area contributed by atoms with E-state index in [4.69, 9.17) is 14.7 Å². The number of methoxy groups -OCH3 is 2. The van der Waals surface area contributed by atoms with Crippen molar-refractivity contribution in [2.24, 2.45) is 17.8 Å². The van der Waals surface area contributed by atoms with Crippen LogP contribution in [0.5, 0.6) is 0 Å². The van der Waals surface area contributed by atoms with Crippen LogP contribution in [0.3, 0.4) is 0 Å². The standard InChI is InChI=1S/C51H60N8O6/c1-28(2)46(57-51(63)65-6)49(61)59-27-30(4)22-42(59)48-53-24-40(56-48)34-13-9-32(10-14-34)38-20-19-37(44-35-15-17-36(18-16-35)45(38)44)31-7-11-33(12-8-31)39-23-52-47(55-39)41-21-29(3)26-58(41)43(60)25-54-50(62)64-5/h7-14,19-20,23-24,28-30,35-36,41-42,46H,15-18,21-22,25-27H2,1-6H3,(H,52,55)(H,53,56)(H,54,62)(H,57,63). The van der Waals surface area contributed by atoms with Crippen LogP contribution in [0.15, 0.2) is 73.1 Å². The molecule has 4 N–H and O–H groups in total. The average molecular weight is 881 g/mol. The summed E-state index contributed by atoms with van der Waals surface area (Å²) in [6.07, 6.45) is 8.88. The number of carbonyl (C=O) groups is 4. The first-order chi connectivity index (χ1) is 31.4. The summed E-state index contributed by atoms with van der Waals surface area (Å²) in [7, 11) is 2.59. The van der Waals surface area contributed by atoms with Crippen LogP contribution in [0, 0.1) is 17.8 Å². The zero-order chi connectivity index (χ0) is 45.5. The Kier molecular flexibility index (Phi) is 12.3. The fourth-order valence-corrected chi connectivity index (χ4v) is 11.0. The van der Waals surface area contributed by atoms with Crippen LogP contribution in [0.4, 0.5) is 9.59 Å². The third-order valence-corrected chi connectivity index (χ3v) is 14.3. The smallest absolute Gasteiger partial charge is 0.407 e. The molecule has 14 nitrogen and oxygen atoms in total. The molecule has 4 heterocycles. The number of H-pyrrole nitrogens is 2. The molecule has 5 unspecified atom stereocenters.